The minimum Gasteiger partial charge on any atom is -0.331 e. The van der Waals surface area contributed by atoms with Gasteiger partial charge in [-0.15, -0.1) is 15.4 Å². The molecule has 1 aliphatic rings. The van der Waals surface area contributed by atoms with E-state index in [-0.39, 0.29) is 15.4 Å². The summed E-state index contributed by atoms with van der Waals surface area (Å²) in [6, 6.07) is 2.47. The average molecular weight is 398 g/mol. The molecular weight excluding hydrogens is 352 g/mol. The first-order valence-electron chi connectivity index (χ1n) is 10.6. The van der Waals surface area contributed by atoms with Gasteiger partial charge in [0.25, 0.3) is 12.6 Å². The van der Waals surface area contributed by atoms with E-state index in [0.29, 0.717) is 34.5 Å². The fourth-order valence-corrected chi connectivity index (χ4v) is 18.0. The first-order chi connectivity index (χ1) is 11.5. The minimum absolute atomic E-state index is 0.0972. The predicted molar refractivity (Wildman–Crippen MR) is 129 cm³/mol. The summed E-state index contributed by atoms with van der Waals surface area (Å²) in [5, 5.41) is 0.775. The summed E-state index contributed by atoms with van der Waals surface area (Å²) in [4.78, 5) is 5.76. The highest BCUT2D eigenvalue weighted by atomic mass is 31.2. The maximum Gasteiger partial charge on any atom is 0.269 e. The van der Waals surface area contributed by atoms with Crippen LogP contribution >= 0.6 is 15.4 Å². The van der Waals surface area contributed by atoms with Crippen LogP contribution in [0.4, 0.5) is 0 Å². The molecule has 0 spiro atoms. The van der Waals surface area contributed by atoms with Crippen molar-refractivity contribution in [3.05, 3.63) is 0 Å². The van der Waals surface area contributed by atoms with E-state index in [1.165, 1.54) is 0 Å². The molecule has 1 fully saturated rings. The lowest BCUT2D eigenvalue weighted by atomic mass is 10.1. The molecule has 0 aliphatic carbocycles. The van der Waals surface area contributed by atoms with Gasteiger partial charge < -0.3 is 9.62 Å². The summed E-state index contributed by atoms with van der Waals surface area (Å²) in [7, 11) is -0.194. The van der Waals surface area contributed by atoms with Crippen LogP contribution in [0.25, 0.3) is 0 Å². The van der Waals surface area contributed by atoms with Crippen molar-refractivity contribution in [3.63, 3.8) is 0 Å². The summed E-state index contributed by atoms with van der Waals surface area (Å²) in [6.07, 6.45) is 1.56. The Bertz CT molecular complexity index is 390. The molecule has 2 nitrogen and oxygen atoms in total. The molecule has 0 saturated carbocycles. The smallest absolute Gasteiger partial charge is 0.269 e. The van der Waals surface area contributed by atoms with Gasteiger partial charge in [-0.1, -0.05) is 96.9 Å². The third-order valence-electron chi connectivity index (χ3n) is 5.46. The second kappa shape index (κ2) is 8.73. The average Bonchev–Trinajstić information content (AvgIpc) is 2.30. The van der Waals surface area contributed by atoms with Crippen LogP contribution in [0.15, 0.2) is 0 Å². The van der Waals surface area contributed by atoms with Crippen molar-refractivity contribution >= 4 is 27.9 Å². The van der Waals surface area contributed by atoms with Crippen molar-refractivity contribution in [2.75, 3.05) is 0 Å². The highest BCUT2D eigenvalue weighted by Gasteiger charge is 2.66. The molecule has 0 aromatic heterocycles. The fourth-order valence-electron chi connectivity index (χ4n) is 4.66. The fraction of sp³-hybridized carbons (Fsp3) is 1.00. The number of rotatable bonds is 6. The summed E-state index contributed by atoms with van der Waals surface area (Å²) in [5.41, 5.74) is 0. The zero-order chi connectivity index (χ0) is 20.8. The van der Waals surface area contributed by atoms with E-state index in [1.54, 1.807) is 0 Å². The number of nitrogens with zero attached hydrogens (tertiary/aromatic N) is 2. The highest BCUT2D eigenvalue weighted by Crippen LogP contribution is 2.84. The highest BCUT2D eigenvalue weighted by molar-refractivity contribution is 8.60. The molecule has 0 N–H and O–H groups in total. The zero-order valence-electron chi connectivity index (χ0n) is 20.3. The standard InChI is InChI=1S/C20H46B2N2P2/c1-15(2)23(16(3)4)21-25(19(9,10)11)22(26(21)20(12,13)14)24(17(5)6)18(7)8/h15-18H,1-14H3. The van der Waals surface area contributed by atoms with Crippen molar-refractivity contribution < 1.29 is 0 Å². The lowest BCUT2D eigenvalue weighted by Gasteiger charge is -2.66. The van der Waals surface area contributed by atoms with Gasteiger partial charge in [0.1, 0.15) is 0 Å². The van der Waals surface area contributed by atoms with Crippen LogP contribution in [-0.4, -0.2) is 56.7 Å². The summed E-state index contributed by atoms with van der Waals surface area (Å²) < 4.78 is 0. The van der Waals surface area contributed by atoms with Gasteiger partial charge in [-0.25, -0.2) is 0 Å². The van der Waals surface area contributed by atoms with E-state index >= 15 is 0 Å². The van der Waals surface area contributed by atoms with Gasteiger partial charge in [0.05, 0.1) is 0 Å². The van der Waals surface area contributed by atoms with Gasteiger partial charge in [0.15, 0.2) is 0 Å². The molecular formula is C20H46B2N2P2. The van der Waals surface area contributed by atoms with Crippen LogP contribution in [-0.2, 0) is 0 Å². The Labute approximate surface area is 169 Å². The van der Waals surface area contributed by atoms with E-state index in [0.717, 1.165) is 12.6 Å². The molecule has 0 aromatic carbocycles. The third-order valence-corrected chi connectivity index (χ3v) is 14.6. The Balaban J connectivity index is 3.53. The maximum absolute atomic E-state index is 2.88. The summed E-state index contributed by atoms with van der Waals surface area (Å²) in [5.74, 6) is 0. The number of hydrogen-bond acceptors (Lipinski definition) is 2. The van der Waals surface area contributed by atoms with Gasteiger partial charge in [-0.2, -0.15) is 0 Å². The van der Waals surface area contributed by atoms with Gasteiger partial charge in [0.2, 0.25) is 0 Å². The molecule has 0 aromatic rings. The van der Waals surface area contributed by atoms with Crippen molar-refractivity contribution in [1.82, 2.24) is 9.62 Å². The molecule has 152 valence electrons. The van der Waals surface area contributed by atoms with Crippen molar-refractivity contribution in [3.8, 4) is 0 Å². The summed E-state index contributed by atoms with van der Waals surface area (Å²) >= 11 is 0. The van der Waals surface area contributed by atoms with Crippen molar-refractivity contribution in [2.45, 2.75) is 131 Å². The second-order valence-corrected chi connectivity index (χ2v) is 18.2. The topological polar surface area (TPSA) is 6.48 Å². The lowest BCUT2D eigenvalue weighted by molar-refractivity contribution is 0.308. The first kappa shape index (κ1) is 24.9. The second-order valence-electron chi connectivity index (χ2n) is 11.1. The Kier molecular flexibility index (Phi) is 8.38. The molecule has 0 amide bonds. The van der Waals surface area contributed by atoms with Gasteiger partial charge in [0, 0.05) is 0 Å². The summed E-state index contributed by atoms with van der Waals surface area (Å²) in [6.45, 7) is 34.3. The van der Waals surface area contributed by atoms with Gasteiger partial charge in [-0.05, 0) is 34.5 Å². The van der Waals surface area contributed by atoms with E-state index in [2.05, 4.69) is 107 Å². The Morgan fingerprint density at radius 2 is 0.692 bits per heavy atom. The van der Waals surface area contributed by atoms with Crippen molar-refractivity contribution in [1.29, 1.82) is 0 Å². The van der Waals surface area contributed by atoms with E-state index in [1.807, 2.05) is 0 Å². The maximum atomic E-state index is 2.88. The monoisotopic (exact) mass is 398 g/mol. The lowest BCUT2D eigenvalue weighted by Crippen LogP contribution is -2.65. The molecule has 1 heterocycles. The largest absolute Gasteiger partial charge is 0.331 e. The normalized spacial score (nSPS) is 22.6. The van der Waals surface area contributed by atoms with Crippen LogP contribution in [0.3, 0.4) is 0 Å². The number of hydrogen-bond donors (Lipinski definition) is 0. The Hall–Kier alpha value is 0.910. The molecule has 6 heteroatoms. The molecule has 0 unspecified atom stereocenters. The van der Waals surface area contributed by atoms with E-state index in [9.17, 15) is 0 Å². The Morgan fingerprint density at radius 1 is 0.500 bits per heavy atom. The predicted octanol–water partition coefficient (Wildman–Crippen LogP) is 6.77. The van der Waals surface area contributed by atoms with Gasteiger partial charge >= 0.3 is 0 Å². The van der Waals surface area contributed by atoms with E-state index in [4.69, 9.17) is 0 Å². The minimum atomic E-state index is -0.0972. The molecule has 0 bridgehead atoms. The SMILES string of the molecule is CC(C)N(B1P(C(C)(C)C)B(N(C(C)C)C(C)C)P1C(C)(C)C)C(C)C. The van der Waals surface area contributed by atoms with Crippen LogP contribution in [0.5, 0.6) is 0 Å². The molecule has 1 aliphatic heterocycles. The van der Waals surface area contributed by atoms with Crippen LogP contribution < -0.4 is 0 Å². The third kappa shape index (κ3) is 5.09. The van der Waals surface area contributed by atoms with E-state index < -0.39 is 0 Å². The molecule has 26 heavy (non-hydrogen) atoms. The van der Waals surface area contributed by atoms with Crippen LogP contribution in [0.1, 0.15) is 96.9 Å². The van der Waals surface area contributed by atoms with Crippen LogP contribution in [0, 0.1) is 0 Å². The first-order valence-corrected chi connectivity index (χ1v) is 13.6. The quantitative estimate of drug-likeness (QED) is 0.360. The van der Waals surface area contributed by atoms with Crippen molar-refractivity contribution in [2.24, 2.45) is 0 Å². The zero-order valence-corrected chi connectivity index (χ0v) is 22.0. The van der Waals surface area contributed by atoms with Gasteiger partial charge in [-0.3, -0.25) is 0 Å². The molecule has 1 rings (SSSR count). The Morgan fingerprint density at radius 3 is 0.808 bits per heavy atom. The van der Waals surface area contributed by atoms with Crippen LogP contribution in [0.2, 0.25) is 0 Å². The molecule has 0 radical (unpaired) electrons. The molecule has 0 atom stereocenters. The molecule has 1 saturated heterocycles.